The summed E-state index contributed by atoms with van der Waals surface area (Å²) in [4.78, 5) is 12.5. The third-order valence-corrected chi connectivity index (χ3v) is 4.84. The molecule has 2 N–H and O–H groups in total. The summed E-state index contributed by atoms with van der Waals surface area (Å²) in [6, 6.07) is 9.62. The zero-order valence-corrected chi connectivity index (χ0v) is 12.4. The average molecular weight is 272 g/mol. The molecule has 0 saturated carbocycles. The van der Waals surface area contributed by atoms with Crippen molar-refractivity contribution in [2.75, 3.05) is 0 Å². The van der Waals surface area contributed by atoms with Crippen molar-refractivity contribution >= 4 is 5.91 Å². The molecule has 20 heavy (non-hydrogen) atoms. The molecule has 2 fully saturated rings. The van der Waals surface area contributed by atoms with Crippen molar-refractivity contribution in [3.05, 3.63) is 35.4 Å². The summed E-state index contributed by atoms with van der Waals surface area (Å²) in [5, 5.41) is 6.79. The molecule has 3 nitrogen and oxygen atoms in total. The van der Waals surface area contributed by atoms with Gasteiger partial charge in [0.1, 0.15) is 0 Å². The summed E-state index contributed by atoms with van der Waals surface area (Å²) in [5.74, 6) is 0.408. The monoisotopic (exact) mass is 272 g/mol. The van der Waals surface area contributed by atoms with Gasteiger partial charge in [-0.2, -0.15) is 0 Å². The Morgan fingerprint density at radius 2 is 2.10 bits per heavy atom. The van der Waals surface area contributed by atoms with Crippen LogP contribution >= 0.6 is 0 Å². The van der Waals surface area contributed by atoms with Gasteiger partial charge >= 0.3 is 0 Å². The molecular formula is C17H24N2O. The number of carbonyl (C=O) groups is 1. The first-order valence-corrected chi connectivity index (χ1v) is 7.80. The third-order valence-electron chi connectivity index (χ3n) is 4.84. The van der Waals surface area contributed by atoms with Crippen LogP contribution in [0.5, 0.6) is 0 Å². The number of fused-ring (bicyclic) bond motifs is 2. The molecule has 2 heterocycles. The number of hydrogen-bond acceptors (Lipinski definition) is 2. The fourth-order valence-corrected chi connectivity index (χ4v) is 3.61. The summed E-state index contributed by atoms with van der Waals surface area (Å²) < 4.78 is 0. The van der Waals surface area contributed by atoms with Crippen LogP contribution in [0.4, 0.5) is 0 Å². The maximum absolute atomic E-state index is 12.5. The van der Waals surface area contributed by atoms with Crippen LogP contribution in [-0.4, -0.2) is 18.0 Å². The van der Waals surface area contributed by atoms with Crippen molar-refractivity contribution in [3.63, 3.8) is 0 Å². The van der Waals surface area contributed by atoms with E-state index in [0.29, 0.717) is 12.1 Å². The van der Waals surface area contributed by atoms with E-state index in [-0.39, 0.29) is 17.9 Å². The number of aryl methyl sites for hydroxylation is 1. The van der Waals surface area contributed by atoms with Crippen LogP contribution in [0.1, 0.15) is 49.8 Å². The van der Waals surface area contributed by atoms with E-state index >= 15 is 0 Å². The van der Waals surface area contributed by atoms with Gasteiger partial charge in [0.15, 0.2) is 0 Å². The molecule has 0 aromatic heterocycles. The van der Waals surface area contributed by atoms with Gasteiger partial charge in [0.05, 0.1) is 12.0 Å². The van der Waals surface area contributed by atoms with Crippen molar-refractivity contribution in [3.8, 4) is 0 Å². The first kappa shape index (κ1) is 13.6. The van der Waals surface area contributed by atoms with Gasteiger partial charge in [-0.1, -0.05) is 36.8 Å². The van der Waals surface area contributed by atoms with E-state index in [0.717, 1.165) is 19.3 Å². The summed E-state index contributed by atoms with van der Waals surface area (Å²) in [5.41, 5.74) is 2.47. The zero-order chi connectivity index (χ0) is 14.1. The Labute approximate surface area is 121 Å². The number of benzene rings is 1. The normalized spacial score (nSPS) is 29.4. The van der Waals surface area contributed by atoms with Crippen LogP contribution in [0.25, 0.3) is 0 Å². The fourth-order valence-electron chi connectivity index (χ4n) is 3.61. The Kier molecular flexibility index (Phi) is 3.79. The van der Waals surface area contributed by atoms with E-state index in [4.69, 9.17) is 0 Å². The molecule has 1 amide bonds. The minimum absolute atomic E-state index is 0.141. The van der Waals surface area contributed by atoms with E-state index in [1.54, 1.807) is 0 Å². The van der Waals surface area contributed by atoms with Crippen LogP contribution < -0.4 is 10.6 Å². The minimum atomic E-state index is 0.141. The topological polar surface area (TPSA) is 41.1 Å². The summed E-state index contributed by atoms with van der Waals surface area (Å²) in [7, 11) is 0. The SMILES string of the molecule is CCC(NC(=O)C1CC2CCC1N2)c1ccc(C)cc1. The standard InChI is InChI=1S/C17H24N2O/c1-3-15(12-6-4-11(2)5-7-12)19-17(20)14-10-13-8-9-16(14)18-13/h4-7,13-16,18H,3,8-10H2,1-2H3,(H,19,20). The number of nitrogens with one attached hydrogen (secondary N) is 2. The number of amides is 1. The lowest BCUT2D eigenvalue weighted by molar-refractivity contribution is -0.126. The van der Waals surface area contributed by atoms with Crippen LogP contribution in [0.2, 0.25) is 0 Å². The van der Waals surface area contributed by atoms with Gasteiger partial charge in [-0.05, 0) is 38.2 Å². The second kappa shape index (κ2) is 5.57. The highest BCUT2D eigenvalue weighted by Gasteiger charge is 2.42. The van der Waals surface area contributed by atoms with E-state index in [9.17, 15) is 4.79 Å². The average Bonchev–Trinajstić information content (AvgIpc) is 3.08. The smallest absolute Gasteiger partial charge is 0.225 e. The van der Waals surface area contributed by atoms with Crippen LogP contribution in [0, 0.1) is 12.8 Å². The van der Waals surface area contributed by atoms with Gasteiger partial charge in [-0.25, -0.2) is 0 Å². The van der Waals surface area contributed by atoms with Crippen molar-refractivity contribution in [2.45, 2.75) is 57.7 Å². The van der Waals surface area contributed by atoms with Crippen LogP contribution in [-0.2, 0) is 4.79 Å². The maximum Gasteiger partial charge on any atom is 0.225 e. The molecule has 1 aromatic rings. The largest absolute Gasteiger partial charge is 0.349 e. The first-order chi connectivity index (χ1) is 9.67. The molecule has 1 aromatic carbocycles. The Morgan fingerprint density at radius 3 is 2.65 bits per heavy atom. The highest BCUT2D eigenvalue weighted by Crippen LogP contribution is 2.33. The van der Waals surface area contributed by atoms with Gasteiger partial charge in [0.25, 0.3) is 0 Å². The molecule has 2 aliphatic rings. The van der Waals surface area contributed by atoms with Gasteiger partial charge in [0, 0.05) is 12.1 Å². The molecular weight excluding hydrogens is 248 g/mol. The molecule has 3 heteroatoms. The van der Waals surface area contributed by atoms with Gasteiger partial charge in [-0.3, -0.25) is 4.79 Å². The van der Waals surface area contributed by atoms with Crippen LogP contribution in [0.15, 0.2) is 24.3 Å². The molecule has 2 bridgehead atoms. The third kappa shape index (κ3) is 2.59. The second-order valence-corrected chi connectivity index (χ2v) is 6.27. The fraction of sp³-hybridized carbons (Fsp3) is 0.588. The zero-order valence-electron chi connectivity index (χ0n) is 12.4. The van der Waals surface area contributed by atoms with Crippen molar-refractivity contribution in [1.82, 2.24) is 10.6 Å². The lowest BCUT2D eigenvalue weighted by Crippen LogP contribution is -2.39. The van der Waals surface area contributed by atoms with Crippen molar-refractivity contribution in [2.24, 2.45) is 5.92 Å². The predicted molar refractivity (Wildman–Crippen MR) is 80.4 cm³/mol. The van der Waals surface area contributed by atoms with E-state index < -0.39 is 0 Å². The van der Waals surface area contributed by atoms with Gasteiger partial charge < -0.3 is 10.6 Å². The number of carbonyl (C=O) groups excluding carboxylic acids is 1. The first-order valence-electron chi connectivity index (χ1n) is 7.80. The quantitative estimate of drug-likeness (QED) is 0.885. The number of hydrogen-bond donors (Lipinski definition) is 2. The Balaban J connectivity index is 1.65. The molecule has 0 spiro atoms. The Hall–Kier alpha value is -1.35. The summed E-state index contributed by atoms with van der Waals surface area (Å²) >= 11 is 0. The van der Waals surface area contributed by atoms with Gasteiger partial charge in [0.2, 0.25) is 5.91 Å². The van der Waals surface area contributed by atoms with E-state index in [1.165, 1.54) is 17.5 Å². The number of rotatable bonds is 4. The maximum atomic E-state index is 12.5. The lowest BCUT2D eigenvalue weighted by atomic mass is 9.88. The van der Waals surface area contributed by atoms with E-state index in [1.807, 2.05) is 0 Å². The Morgan fingerprint density at radius 1 is 1.35 bits per heavy atom. The molecule has 4 unspecified atom stereocenters. The highest BCUT2D eigenvalue weighted by atomic mass is 16.2. The minimum Gasteiger partial charge on any atom is -0.349 e. The molecule has 2 aliphatic heterocycles. The Bertz CT molecular complexity index is 482. The molecule has 2 saturated heterocycles. The summed E-state index contributed by atoms with van der Waals surface area (Å²) in [6.45, 7) is 4.22. The molecule has 3 rings (SSSR count). The second-order valence-electron chi connectivity index (χ2n) is 6.27. The summed E-state index contributed by atoms with van der Waals surface area (Å²) in [6.07, 6.45) is 4.34. The van der Waals surface area contributed by atoms with Crippen LogP contribution in [0.3, 0.4) is 0 Å². The predicted octanol–water partition coefficient (Wildman–Crippen LogP) is 2.70. The van der Waals surface area contributed by atoms with Crippen molar-refractivity contribution < 1.29 is 4.79 Å². The highest BCUT2D eigenvalue weighted by molar-refractivity contribution is 5.80. The molecule has 0 aliphatic carbocycles. The molecule has 108 valence electrons. The molecule has 0 radical (unpaired) electrons. The van der Waals surface area contributed by atoms with Crippen molar-refractivity contribution in [1.29, 1.82) is 0 Å². The molecule has 4 atom stereocenters. The van der Waals surface area contributed by atoms with E-state index in [2.05, 4.69) is 48.7 Å². The van der Waals surface area contributed by atoms with Gasteiger partial charge in [-0.15, -0.1) is 0 Å². The lowest BCUT2D eigenvalue weighted by Gasteiger charge is -2.24.